The van der Waals surface area contributed by atoms with Crippen LogP contribution in [0.5, 0.6) is 11.5 Å². The number of furan rings is 1. The molecular formula is C19H18N2O4. The van der Waals surface area contributed by atoms with E-state index in [9.17, 15) is 4.79 Å². The fourth-order valence-electron chi connectivity index (χ4n) is 2.30. The molecule has 3 aromatic rings. The van der Waals surface area contributed by atoms with Gasteiger partial charge in [-0.2, -0.15) is 0 Å². The first-order valence-electron chi connectivity index (χ1n) is 7.63. The summed E-state index contributed by atoms with van der Waals surface area (Å²) in [6.45, 7) is 0. The Labute approximate surface area is 145 Å². The van der Waals surface area contributed by atoms with Gasteiger partial charge in [-0.05, 0) is 48.5 Å². The molecule has 0 aliphatic rings. The predicted octanol–water partition coefficient (Wildman–Crippen LogP) is 4.29. The number of benzene rings is 2. The Hall–Kier alpha value is -3.41. The molecule has 0 aliphatic heterocycles. The minimum Gasteiger partial charge on any atom is -0.497 e. The van der Waals surface area contributed by atoms with Gasteiger partial charge in [0, 0.05) is 17.4 Å². The van der Waals surface area contributed by atoms with Gasteiger partial charge in [-0.15, -0.1) is 0 Å². The molecule has 0 saturated carbocycles. The van der Waals surface area contributed by atoms with Crippen LogP contribution in [0.25, 0.3) is 0 Å². The normalized spacial score (nSPS) is 10.2. The van der Waals surface area contributed by atoms with Crippen molar-refractivity contribution in [1.29, 1.82) is 0 Å². The summed E-state index contributed by atoms with van der Waals surface area (Å²) in [5, 5.41) is 6.04. The van der Waals surface area contributed by atoms with E-state index >= 15 is 0 Å². The quantitative estimate of drug-likeness (QED) is 0.701. The number of hydrogen-bond acceptors (Lipinski definition) is 5. The van der Waals surface area contributed by atoms with E-state index in [-0.39, 0.29) is 11.7 Å². The molecule has 0 atom stereocenters. The fourth-order valence-corrected chi connectivity index (χ4v) is 2.30. The first-order chi connectivity index (χ1) is 12.2. The molecule has 25 heavy (non-hydrogen) atoms. The minimum atomic E-state index is -0.292. The number of hydrogen-bond donors (Lipinski definition) is 2. The zero-order valence-corrected chi connectivity index (χ0v) is 13.9. The molecule has 6 nitrogen and oxygen atoms in total. The Morgan fingerprint density at radius 1 is 0.960 bits per heavy atom. The van der Waals surface area contributed by atoms with Gasteiger partial charge in [0.2, 0.25) is 0 Å². The van der Waals surface area contributed by atoms with Crippen LogP contribution < -0.4 is 20.1 Å². The molecule has 1 heterocycles. The Bertz CT molecular complexity index is 842. The first-order valence-corrected chi connectivity index (χ1v) is 7.63. The summed E-state index contributed by atoms with van der Waals surface area (Å²) in [7, 11) is 3.22. The molecule has 0 unspecified atom stereocenters. The molecule has 6 heteroatoms. The molecule has 128 valence electrons. The van der Waals surface area contributed by atoms with Crippen molar-refractivity contribution in [2.24, 2.45) is 0 Å². The number of carbonyl (C=O) groups is 1. The molecule has 1 aromatic heterocycles. The second-order valence-electron chi connectivity index (χ2n) is 5.20. The zero-order chi connectivity index (χ0) is 17.6. The summed E-state index contributed by atoms with van der Waals surface area (Å²) in [6.07, 6.45) is 1.46. The summed E-state index contributed by atoms with van der Waals surface area (Å²) in [5.41, 5.74) is 2.31. The number of rotatable bonds is 6. The van der Waals surface area contributed by atoms with Crippen LogP contribution in [0.15, 0.2) is 65.3 Å². The van der Waals surface area contributed by atoms with Crippen molar-refractivity contribution < 1.29 is 18.7 Å². The van der Waals surface area contributed by atoms with Crippen LogP contribution in [0.2, 0.25) is 0 Å². The average molecular weight is 338 g/mol. The van der Waals surface area contributed by atoms with E-state index in [1.807, 2.05) is 30.3 Å². The van der Waals surface area contributed by atoms with Crippen LogP contribution in [-0.4, -0.2) is 20.1 Å². The van der Waals surface area contributed by atoms with Gasteiger partial charge in [0.1, 0.15) is 11.5 Å². The Balaban J connectivity index is 1.71. The molecule has 0 radical (unpaired) electrons. The van der Waals surface area contributed by atoms with Crippen molar-refractivity contribution in [2.45, 2.75) is 0 Å². The Kier molecular flexibility index (Phi) is 4.89. The van der Waals surface area contributed by atoms with Gasteiger partial charge in [-0.3, -0.25) is 4.79 Å². The number of ether oxygens (including phenoxy) is 2. The monoisotopic (exact) mass is 338 g/mol. The Morgan fingerprint density at radius 2 is 1.72 bits per heavy atom. The van der Waals surface area contributed by atoms with Crippen LogP contribution in [0, 0.1) is 0 Å². The number of anilines is 3. The lowest BCUT2D eigenvalue weighted by molar-refractivity contribution is 0.0996. The molecule has 0 bridgehead atoms. The highest BCUT2D eigenvalue weighted by molar-refractivity contribution is 6.02. The van der Waals surface area contributed by atoms with Crippen LogP contribution in [0.1, 0.15) is 10.6 Å². The van der Waals surface area contributed by atoms with Gasteiger partial charge in [-0.1, -0.05) is 0 Å². The van der Waals surface area contributed by atoms with Gasteiger partial charge in [0.05, 0.1) is 26.2 Å². The van der Waals surface area contributed by atoms with Crippen LogP contribution in [0.3, 0.4) is 0 Å². The van der Waals surface area contributed by atoms with Crippen molar-refractivity contribution in [3.8, 4) is 11.5 Å². The highest BCUT2D eigenvalue weighted by Crippen LogP contribution is 2.31. The third-order valence-corrected chi connectivity index (χ3v) is 3.57. The molecular weight excluding hydrogens is 320 g/mol. The number of amides is 1. The molecule has 0 spiro atoms. The highest BCUT2D eigenvalue weighted by atomic mass is 16.5. The molecule has 0 fully saturated rings. The van der Waals surface area contributed by atoms with Gasteiger partial charge in [-0.25, -0.2) is 0 Å². The van der Waals surface area contributed by atoms with E-state index in [1.165, 1.54) is 6.26 Å². The third-order valence-electron chi connectivity index (χ3n) is 3.57. The lowest BCUT2D eigenvalue weighted by Gasteiger charge is -2.13. The van der Waals surface area contributed by atoms with Crippen LogP contribution in [-0.2, 0) is 0 Å². The van der Waals surface area contributed by atoms with Gasteiger partial charge in [0.15, 0.2) is 5.76 Å². The summed E-state index contributed by atoms with van der Waals surface area (Å²) in [6, 6.07) is 16.1. The summed E-state index contributed by atoms with van der Waals surface area (Å²) >= 11 is 0. The lowest BCUT2D eigenvalue weighted by atomic mass is 10.2. The minimum absolute atomic E-state index is 0.267. The maximum atomic E-state index is 12.0. The maximum absolute atomic E-state index is 12.0. The molecule has 1 amide bonds. The molecule has 0 saturated heterocycles. The maximum Gasteiger partial charge on any atom is 0.291 e. The number of methoxy groups -OCH3 is 2. The number of carbonyl (C=O) groups excluding carboxylic acids is 1. The largest absolute Gasteiger partial charge is 0.497 e. The average Bonchev–Trinajstić information content (AvgIpc) is 3.18. The highest BCUT2D eigenvalue weighted by Gasteiger charge is 2.09. The van der Waals surface area contributed by atoms with Crippen molar-refractivity contribution in [3.63, 3.8) is 0 Å². The molecule has 2 N–H and O–H groups in total. The van der Waals surface area contributed by atoms with E-state index in [0.717, 1.165) is 17.1 Å². The summed E-state index contributed by atoms with van der Waals surface area (Å²) in [4.78, 5) is 12.0. The molecule has 3 rings (SSSR count). The molecule has 2 aromatic carbocycles. The predicted molar refractivity (Wildman–Crippen MR) is 95.9 cm³/mol. The summed E-state index contributed by atoms with van der Waals surface area (Å²) < 4.78 is 15.7. The van der Waals surface area contributed by atoms with Gasteiger partial charge < -0.3 is 24.5 Å². The second kappa shape index (κ2) is 7.44. The zero-order valence-electron chi connectivity index (χ0n) is 13.9. The van der Waals surface area contributed by atoms with E-state index in [0.29, 0.717) is 11.4 Å². The lowest BCUT2D eigenvalue weighted by Crippen LogP contribution is -2.10. The van der Waals surface area contributed by atoms with Crippen LogP contribution in [0.4, 0.5) is 17.1 Å². The summed E-state index contributed by atoms with van der Waals surface area (Å²) in [5.74, 6) is 1.41. The van der Waals surface area contributed by atoms with Crippen molar-refractivity contribution in [3.05, 3.63) is 66.6 Å². The van der Waals surface area contributed by atoms with Gasteiger partial charge in [0.25, 0.3) is 5.91 Å². The standard InChI is InChI=1S/C19H18N2O4/c1-23-15-9-10-17(24-2)16(12-15)20-13-5-7-14(8-6-13)21-19(22)18-4-3-11-25-18/h3-12,20H,1-2H3,(H,21,22). The Morgan fingerprint density at radius 3 is 2.36 bits per heavy atom. The third kappa shape index (κ3) is 3.92. The van der Waals surface area contributed by atoms with E-state index in [1.54, 1.807) is 38.5 Å². The molecule has 0 aliphatic carbocycles. The van der Waals surface area contributed by atoms with Crippen molar-refractivity contribution >= 4 is 23.0 Å². The van der Waals surface area contributed by atoms with E-state index < -0.39 is 0 Å². The fraction of sp³-hybridized carbons (Fsp3) is 0.105. The SMILES string of the molecule is COc1ccc(OC)c(Nc2ccc(NC(=O)c3ccco3)cc2)c1. The van der Waals surface area contributed by atoms with E-state index in [4.69, 9.17) is 13.9 Å². The van der Waals surface area contributed by atoms with Crippen LogP contribution >= 0.6 is 0 Å². The topological polar surface area (TPSA) is 72.7 Å². The number of nitrogens with one attached hydrogen (secondary N) is 2. The van der Waals surface area contributed by atoms with Gasteiger partial charge >= 0.3 is 0 Å². The second-order valence-corrected chi connectivity index (χ2v) is 5.20. The van der Waals surface area contributed by atoms with Crippen molar-refractivity contribution in [1.82, 2.24) is 0 Å². The smallest absolute Gasteiger partial charge is 0.291 e. The van der Waals surface area contributed by atoms with E-state index in [2.05, 4.69) is 10.6 Å². The van der Waals surface area contributed by atoms with Crippen molar-refractivity contribution in [2.75, 3.05) is 24.9 Å². The first kappa shape index (κ1) is 16.4.